The van der Waals surface area contributed by atoms with Crippen LogP contribution in [0.25, 0.3) is 0 Å². The van der Waals surface area contributed by atoms with Crippen LogP contribution in [0.15, 0.2) is 41.5 Å². The molecule has 194 valence electrons. The van der Waals surface area contributed by atoms with Crippen LogP contribution in [0, 0.1) is 22.2 Å². The number of benzene rings is 1. The predicted octanol–water partition coefficient (Wildman–Crippen LogP) is 3.77. The minimum Gasteiger partial charge on any atom is -0.389 e. The van der Waals surface area contributed by atoms with Crippen LogP contribution >= 0.6 is 18.9 Å². The molecular formula is C27H40O6P2. The molecule has 2 saturated carbocycles. The molecule has 6 nitrogen and oxygen atoms in total. The second kappa shape index (κ2) is 8.55. The summed E-state index contributed by atoms with van der Waals surface area (Å²) in [6.07, 6.45) is -2.05. The molecule has 3 aliphatic carbocycles. The Morgan fingerprint density at radius 2 is 1.69 bits per heavy atom. The molecule has 1 heterocycles. The molecule has 35 heavy (non-hydrogen) atoms. The van der Waals surface area contributed by atoms with Gasteiger partial charge in [-0.25, -0.2) is 0 Å². The van der Waals surface area contributed by atoms with Crippen LogP contribution in [-0.2, 0) is 13.8 Å². The van der Waals surface area contributed by atoms with Gasteiger partial charge in [-0.2, -0.15) is 0 Å². The van der Waals surface area contributed by atoms with Crippen molar-refractivity contribution in [3.8, 4) is 0 Å². The van der Waals surface area contributed by atoms with E-state index < -0.39 is 34.7 Å². The van der Waals surface area contributed by atoms with Crippen molar-refractivity contribution in [2.24, 2.45) is 22.2 Å². The molecule has 2 bridgehead atoms. The van der Waals surface area contributed by atoms with E-state index in [1.807, 2.05) is 39.0 Å². The minimum atomic E-state index is -1.32. The van der Waals surface area contributed by atoms with Crippen molar-refractivity contribution in [1.29, 1.82) is 0 Å². The average Bonchev–Trinajstić information content (AvgIpc) is 2.82. The summed E-state index contributed by atoms with van der Waals surface area (Å²) >= 11 is 0. The highest BCUT2D eigenvalue weighted by atomic mass is 31.0. The van der Waals surface area contributed by atoms with Crippen molar-refractivity contribution in [2.45, 2.75) is 89.5 Å². The maximum Gasteiger partial charge on any atom is 0.110 e. The quantitative estimate of drug-likeness (QED) is 0.414. The van der Waals surface area contributed by atoms with Gasteiger partial charge in [0.2, 0.25) is 0 Å². The SMILES string of the molecule is CC1=C2[C@@H](OP)[C@H](O)[C@@]3(C)C([C@H](c4ccccc4)[C@](O)(C[C@@H]1O)C2(C)C)[C@]1(C)CO[C@@H]1C[C@@H]3OP. The Kier molecular flexibility index (Phi) is 6.40. The zero-order valence-corrected chi connectivity index (χ0v) is 23.6. The van der Waals surface area contributed by atoms with Gasteiger partial charge in [0, 0.05) is 53.9 Å². The Hall–Kier alpha value is -0.420. The van der Waals surface area contributed by atoms with Crippen LogP contribution in [0.3, 0.4) is 0 Å². The molecule has 1 aromatic rings. The Morgan fingerprint density at radius 3 is 2.23 bits per heavy atom. The summed E-state index contributed by atoms with van der Waals surface area (Å²) in [5, 5.41) is 36.6. The summed E-state index contributed by atoms with van der Waals surface area (Å²) in [6.45, 7) is 10.8. The van der Waals surface area contributed by atoms with Crippen molar-refractivity contribution < 1.29 is 29.1 Å². The second-order valence-corrected chi connectivity index (χ2v) is 12.8. The monoisotopic (exact) mass is 522 g/mol. The highest BCUT2D eigenvalue weighted by molar-refractivity contribution is 7.10. The molecule has 0 amide bonds. The fraction of sp³-hybridized carbons (Fsp3) is 0.704. The lowest BCUT2D eigenvalue weighted by Gasteiger charge is -2.71. The van der Waals surface area contributed by atoms with E-state index in [1.54, 1.807) is 0 Å². The van der Waals surface area contributed by atoms with E-state index in [4.69, 9.17) is 13.8 Å². The molecule has 0 aromatic heterocycles. The molecule has 1 aliphatic heterocycles. The molecule has 0 spiro atoms. The van der Waals surface area contributed by atoms with Crippen LogP contribution in [0.1, 0.15) is 58.9 Å². The first-order valence-electron chi connectivity index (χ1n) is 12.6. The minimum absolute atomic E-state index is 0.0451. The number of fused-ring (bicyclic) bond motifs is 5. The van der Waals surface area contributed by atoms with E-state index >= 15 is 0 Å². The second-order valence-electron chi connectivity index (χ2n) is 12.3. The standard InChI is InChI=1S/C27H40O6P2/c1-14-16(28)12-27(30)20(15-9-7-6-8-10-15)22-25(4)13-31-17(25)11-18(32-34)26(22,5)23(29)21(33-35)19(14)24(27,2)3/h6-10,16-18,20-23,28-30H,11-13,34-35H2,1-5H3/t16-,17+,18-,20-,21+,22?,23-,25+,26+,27+/m0/s1. The molecule has 5 rings (SSSR count). The largest absolute Gasteiger partial charge is 0.389 e. The molecule has 8 heteroatoms. The van der Waals surface area contributed by atoms with Gasteiger partial charge in [0.1, 0.15) is 6.10 Å². The average molecular weight is 523 g/mol. The van der Waals surface area contributed by atoms with Crippen molar-refractivity contribution in [3.63, 3.8) is 0 Å². The lowest BCUT2D eigenvalue weighted by atomic mass is 9.39. The Balaban J connectivity index is 1.89. The van der Waals surface area contributed by atoms with E-state index in [9.17, 15) is 15.3 Å². The van der Waals surface area contributed by atoms with Crippen LogP contribution < -0.4 is 0 Å². The third-order valence-corrected chi connectivity index (χ3v) is 11.2. The van der Waals surface area contributed by atoms with Gasteiger partial charge in [0.15, 0.2) is 0 Å². The van der Waals surface area contributed by atoms with Crippen molar-refractivity contribution in [3.05, 3.63) is 47.0 Å². The first-order chi connectivity index (χ1) is 16.4. The number of hydrogen-bond acceptors (Lipinski definition) is 6. The first-order valence-corrected chi connectivity index (χ1v) is 13.5. The molecule has 1 saturated heterocycles. The summed E-state index contributed by atoms with van der Waals surface area (Å²) in [7, 11) is 4.72. The van der Waals surface area contributed by atoms with Gasteiger partial charge in [-0.05, 0) is 29.6 Å². The van der Waals surface area contributed by atoms with Gasteiger partial charge in [-0.15, -0.1) is 0 Å². The lowest BCUT2D eigenvalue weighted by Crippen LogP contribution is -2.75. The van der Waals surface area contributed by atoms with E-state index in [1.165, 1.54) is 0 Å². The summed E-state index contributed by atoms with van der Waals surface area (Å²) < 4.78 is 18.1. The number of aliphatic hydroxyl groups is 3. The van der Waals surface area contributed by atoms with E-state index in [0.717, 1.165) is 16.7 Å². The van der Waals surface area contributed by atoms with Gasteiger partial charge >= 0.3 is 0 Å². The van der Waals surface area contributed by atoms with Gasteiger partial charge in [0.05, 0.1) is 36.6 Å². The Labute approximate surface area is 213 Å². The highest BCUT2D eigenvalue weighted by Gasteiger charge is 2.74. The van der Waals surface area contributed by atoms with Gasteiger partial charge in [0.25, 0.3) is 0 Å². The van der Waals surface area contributed by atoms with E-state index in [-0.39, 0.29) is 35.9 Å². The number of rotatable bonds is 3. The molecule has 3 fully saturated rings. The van der Waals surface area contributed by atoms with Gasteiger partial charge < -0.3 is 29.1 Å². The Morgan fingerprint density at radius 1 is 1.03 bits per heavy atom. The maximum atomic E-state index is 13.0. The van der Waals surface area contributed by atoms with Crippen molar-refractivity contribution in [1.82, 2.24) is 0 Å². The predicted molar refractivity (Wildman–Crippen MR) is 140 cm³/mol. The molecule has 3 unspecified atom stereocenters. The molecule has 12 atom stereocenters. The summed E-state index contributed by atoms with van der Waals surface area (Å²) in [5.74, 6) is -0.606. The van der Waals surface area contributed by atoms with Gasteiger partial charge in [-0.3, -0.25) is 0 Å². The molecule has 1 aromatic carbocycles. The third kappa shape index (κ3) is 3.25. The zero-order valence-electron chi connectivity index (χ0n) is 21.3. The number of ether oxygens (including phenoxy) is 1. The molecule has 4 aliphatic rings. The van der Waals surface area contributed by atoms with Crippen molar-refractivity contribution in [2.75, 3.05) is 6.61 Å². The van der Waals surface area contributed by atoms with E-state index in [0.29, 0.717) is 13.0 Å². The van der Waals surface area contributed by atoms with Crippen molar-refractivity contribution >= 4 is 18.9 Å². The van der Waals surface area contributed by atoms with Crippen LogP contribution in [0.2, 0.25) is 0 Å². The first kappa shape index (κ1) is 26.2. The summed E-state index contributed by atoms with van der Waals surface area (Å²) in [6, 6.07) is 10.1. The summed E-state index contributed by atoms with van der Waals surface area (Å²) in [4.78, 5) is 0. The number of hydrogen-bond donors (Lipinski definition) is 3. The lowest BCUT2D eigenvalue weighted by molar-refractivity contribution is -0.314. The summed E-state index contributed by atoms with van der Waals surface area (Å²) in [5.41, 5.74) is -0.660. The maximum absolute atomic E-state index is 13.0. The fourth-order valence-electron chi connectivity index (χ4n) is 8.50. The van der Waals surface area contributed by atoms with Crippen LogP contribution in [0.4, 0.5) is 0 Å². The molecular weight excluding hydrogens is 482 g/mol. The molecule has 0 radical (unpaired) electrons. The van der Waals surface area contributed by atoms with Crippen LogP contribution in [0.5, 0.6) is 0 Å². The fourth-order valence-corrected chi connectivity index (χ4v) is 9.19. The van der Waals surface area contributed by atoms with Gasteiger partial charge in [-0.1, -0.05) is 58.0 Å². The number of aliphatic hydroxyl groups excluding tert-OH is 2. The smallest absolute Gasteiger partial charge is 0.110 e. The normalized spacial score (nSPS) is 48.8. The highest BCUT2D eigenvalue weighted by Crippen LogP contribution is 2.70. The Bertz CT molecular complexity index is 1020. The molecule has 3 N–H and O–H groups in total. The zero-order chi connectivity index (χ0) is 25.6. The third-order valence-electron chi connectivity index (χ3n) is 10.5. The van der Waals surface area contributed by atoms with Crippen LogP contribution in [-0.4, -0.2) is 58.0 Å². The van der Waals surface area contributed by atoms with E-state index in [2.05, 4.69) is 44.9 Å². The topological polar surface area (TPSA) is 88.4 Å².